The normalized spacial score (nSPS) is 12.8. The Bertz CT molecular complexity index is 1830. The lowest BCUT2D eigenvalue weighted by atomic mass is 9.76. The maximum absolute atomic E-state index is 15.0. The van der Waals surface area contributed by atoms with E-state index in [1.54, 1.807) is 11.8 Å². The lowest BCUT2D eigenvalue weighted by Crippen LogP contribution is -2.59. The van der Waals surface area contributed by atoms with E-state index < -0.39 is 28.3 Å². The second-order valence-electron chi connectivity index (χ2n) is 13.4. The van der Waals surface area contributed by atoms with Gasteiger partial charge in [-0.25, -0.2) is 4.79 Å². The van der Waals surface area contributed by atoms with E-state index in [1.165, 1.54) is 7.11 Å². The number of nitrogens with one attached hydrogen (secondary N) is 2. The van der Waals surface area contributed by atoms with Gasteiger partial charge in [-0.2, -0.15) is 0 Å². The summed E-state index contributed by atoms with van der Waals surface area (Å²) in [5, 5.41) is 7.07. The van der Waals surface area contributed by atoms with E-state index in [0.29, 0.717) is 5.75 Å². The highest BCUT2D eigenvalue weighted by Gasteiger charge is 2.43. The molecule has 0 heterocycles. The first-order valence-electron chi connectivity index (χ1n) is 18.0. The van der Waals surface area contributed by atoms with Crippen LogP contribution in [0.3, 0.4) is 0 Å². The number of hydrogen-bond donors (Lipinski definition) is 2. The molecule has 0 saturated carbocycles. The molecule has 0 aliphatic rings. The topological polar surface area (TPSA) is 67.4 Å². The molecule has 0 saturated heterocycles. The van der Waals surface area contributed by atoms with Crippen LogP contribution >= 0.6 is 11.8 Å². The second-order valence-corrected chi connectivity index (χ2v) is 14.6. The number of carbonyl (C=O) groups is 2. The van der Waals surface area contributed by atoms with Crippen molar-refractivity contribution in [2.24, 2.45) is 5.92 Å². The lowest BCUT2D eigenvalue weighted by molar-refractivity contribution is -0.146. The molecule has 6 aromatic carbocycles. The summed E-state index contributed by atoms with van der Waals surface area (Å²) < 4.78 is 4.49. The molecule has 0 radical (unpaired) electrons. The Balaban J connectivity index is 1.55. The molecule has 0 unspecified atom stereocenters. The third-order valence-electron chi connectivity index (χ3n) is 9.75. The van der Waals surface area contributed by atoms with Crippen LogP contribution in [0.5, 0.6) is 0 Å². The SMILES string of the molecule is COC(=O)[C@@H](NC(=O)[C@H](CSC(c1ccccc1)(c1ccccc1)c1ccccc1)NC(c1ccccc1)(c1ccccc1)c1ccccc1)C(C)C. The summed E-state index contributed by atoms with van der Waals surface area (Å²) in [7, 11) is 1.36. The van der Waals surface area contributed by atoms with Crippen molar-refractivity contribution in [3.05, 3.63) is 215 Å². The minimum Gasteiger partial charge on any atom is -0.467 e. The van der Waals surface area contributed by atoms with Crippen LogP contribution in [0.4, 0.5) is 0 Å². The van der Waals surface area contributed by atoms with Crippen molar-refractivity contribution in [1.29, 1.82) is 0 Å². The third kappa shape index (κ3) is 7.99. The van der Waals surface area contributed by atoms with Gasteiger partial charge in [0.2, 0.25) is 5.91 Å². The molecular formula is C47H46N2O3S. The average molecular weight is 719 g/mol. The number of esters is 1. The Labute approximate surface area is 317 Å². The maximum atomic E-state index is 15.0. The third-order valence-corrected chi connectivity index (χ3v) is 11.4. The van der Waals surface area contributed by atoms with Crippen LogP contribution in [0.1, 0.15) is 47.2 Å². The molecule has 6 rings (SSSR count). The van der Waals surface area contributed by atoms with Gasteiger partial charge in [-0.3, -0.25) is 10.1 Å². The van der Waals surface area contributed by atoms with Crippen molar-refractivity contribution in [3.63, 3.8) is 0 Å². The van der Waals surface area contributed by atoms with E-state index in [-0.39, 0.29) is 11.8 Å². The van der Waals surface area contributed by atoms with Gasteiger partial charge in [0.1, 0.15) is 6.04 Å². The number of rotatable bonds is 15. The number of amides is 1. The molecule has 0 fully saturated rings. The second kappa shape index (κ2) is 17.4. The van der Waals surface area contributed by atoms with Crippen molar-refractivity contribution in [2.75, 3.05) is 12.9 Å². The van der Waals surface area contributed by atoms with Crippen LogP contribution in [0.15, 0.2) is 182 Å². The van der Waals surface area contributed by atoms with Gasteiger partial charge >= 0.3 is 5.97 Å². The molecule has 0 aromatic heterocycles. The van der Waals surface area contributed by atoms with E-state index in [1.807, 2.05) is 86.6 Å². The predicted molar refractivity (Wildman–Crippen MR) is 217 cm³/mol. The van der Waals surface area contributed by atoms with Gasteiger partial charge in [-0.05, 0) is 39.3 Å². The van der Waals surface area contributed by atoms with Crippen LogP contribution in [0, 0.1) is 5.92 Å². The van der Waals surface area contributed by atoms with E-state index >= 15 is 0 Å². The maximum Gasteiger partial charge on any atom is 0.328 e. The lowest BCUT2D eigenvalue weighted by Gasteiger charge is -2.41. The van der Waals surface area contributed by atoms with Gasteiger partial charge in [-0.1, -0.05) is 196 Å². The molecule has 5 nitrogen and oxygen atoms in total. The van der Waals surface area contributed by atoms with E-state index in [9.17, 15) is 9.59 Å². The van der Waals surface area contributed by atoms with Gasteiger partial charge in [0, 0.05) is 5.75 Å². The average Bonchev–Trinajstić information content (AvgIpc) is 3.23. The molecular weight excluding hydrogens is 673 g/mol. The first-order valence-corrected chi connectivity index (χ1v) is 19.0. The Morgan fingerprint density at radius 1 is 0.547 bits per heavy atom. The fourth-order valence-corrected chi connectivity index (χ4v) is 8.67. The van der Waals surface area contributed by atoms with Gasteiger partial charge in [0.25, 0.3) is 0 Å². The van der Waals surface area contributed by atoms with Gasteiger partial charge in [0.15, 0.2) is 0 Å². The molecule has 6 heteroatoms. The number of carbonyl (C=O) groups excluding carboxylic acids is 2. The molecule has 6 aromatic rings. The number of ether oxygens (including phenoxy) is 1. The molecule has 1 amide bonds. The molecule has 53 heavy (non-hydrogen) atoms. The van der Waals surface area contributed by atoms with Crippen molar-refractivity contribution in [3.8, 4) is 0 Å². The molecule has 0 bridgehead atoms. The van der Waals surface area contributed by atoms with Gasteiger partial charge in [-0.15, -0.1) is 11.8 Å². The number of hydrogen-bond acceptors (Lipinski definition) is 5. The molecule has 2 N–H and O–H groups in total. The van der Waals surface area contributed by atoms with Crippen molar-refractivity contribution in [1.82, 2.24) is 10.6 Å². The minimum atomic E-state index is -0.945. The quantitative estimate of drug-likeness (QED) is 0.0820. The van der Waals surface area contributed by atoms with Crippen LogP contribution in [0.2, 0.25) is 0 Å². The van der Waals surface area contributed by atoms with Crippen LogP contribution in [-0.4, -0.2) is 36.8 Å². The minimum absolute atomic E-state index is 0.195. The fourth-order valence-electron chi connectivity index (χ4n) is 7.11. The first-order chi connectivity index (χ1) is 25.9. The first kappa shape index (κ1) is 37.3. The fraction of sp³-hybridized carbons (Fsp3) is 0.191. The van der Waals surface area contributed by atoms with Crippen LogP contribution in [0.25, 0.3) is 0 Å². The highest BCUT2D eigenvalue weighted by Crippen LogP contribution is 2.49. The molecule has 268 valence electrons. The standard InChI is InChI=1S/C47H46N2O3S/c1-35(2)43(45(51)52-3)48-44(50)42(49-46(36-22-10-4-11-23-36,37-24-12-5-13-25-37)38-26-14-6-15-27-38)34-53-47(39-28-16-7-17-29-39,40-30-18-8-19-31-40)41-32-20-9-21-33-41/h4-33,35,42-43,49H,34H2,1-3H3,(H,48,50)/t42-,43-/m0/s1. The largest absolute Gasteiger partial charge is 0.467 e. The van der Waals surface area contributed by atoms with Crippen LogP contribution < -0.4 is 10.6 Å². The summed E-state index contributed by atoms with van der Waals surface area (Å²) in [5.74, 6) is -0.631. The smallest absolute Gasteiger partial charge is 0.328 e. The van der Waals surface area contributed by atoms with Crippen LogP contribution in [-0.2, 0) is 24.6 Å². The number of benzene rings is 6. The molecule has 0 spiro atoms. The number of methoxy groups -OCH3 is 1. The Kier molecular flexibility index (Phi) is 12.2. The zero-order valence-electron chi connectivity index (χ0n) is 30.4. The van der Waals surface area contributed by atoms with Crippen molar-refractivity contribution >= 4 is 23.6 Å². The highest BCUT2D eigenvalue weighted by molar-refractivity contribution is 8.00. The Morgan fingerprint density at radius 2 is 0.868 bits per heavy atom. The summed E-state index contributed by atoms with van der Waals surface area (Å²) in [6.45, 7) is 3.82. The van der Waals surface area contributed by atoms with Crippen molar-refractivity contribution < 1.29 is 14.3 Å². The summed E-state index contributed by atoms with van der Waals surface area (Å²) in [4.78, 5) is 28.1. The van der Waals surface area contributed by atoms with Crippen molar-refractivity contribution in [2.45, 2.75) is 36.2 Å². The Hall–Kier alpha value is -5.43. The zero-order chi connectivity index (χ0) is 37.1. The summed E-state index contributed by atoms with van der Waals surface area (Å²) in [5.41, 5.74) is 5.28. The molecule has 2 atom stereocenters. The van der Waals surface area contributed by atoms with Gasteiger partial charge < -0.3 is 10.1 Å². The molecule has 0 aliphatic heterocycles. The van der Waals surface area contributed by atoms with E-state index in [4.69, 9.17) is 4.74 Å². The monoisotopic (exact) mass is 718 g/mol. The number of thioether (sulfide) groups is 1. The Morgan fingerprint density at radius 3 is 1.17 bits per heavy atom. The summed E-state index contributed by atoms with van der Waals surface area (Å²) >= 11 is 1.70. The van der Waals surface area contributed by atoms with E-state index in [0.717, 1.165) is 33.4 Å². The zero-order valence-corrected chi connectivity index (χ0v) is 31.2. The highest BCUT2D eigenvalue weighted by atomic mass is 32.2. The predicted octanol–water partition coefficient (Wildman–Crippen LogP) is 8.98. The summed E-state index contributed by atoms with van der Waals surface area (Å²) in [6, 6.07) is 60.5. The van der Waals surface area contributed by atoms with E-state index in [2.05, 4.69) is 120 Å². The van der Waals surface area contributed by atoms with Gasteiger partial charge in [0.05, 0.1) is 23.4 Å². The molecule has 0 aliphatic carbocycles. The summed E-state index contributed by atoms with van der Waals surface area (Å²) in [6.07, 6.45) is 0.